The Morgan fingerprint density at radius 3 is 2.28 bits per heavy atom. The molecule has 0 aliphatic carbocycles. The largest absolute Gasteiger partial charge is 0.482 e. The predicted molar refractivity (Wildman–Crippen MR) is 83.4 cm³/mol. The molecule has 0 heterocycles. The van der Waals surface area contributed by atoms with Crippen LogP contribution in [0.15, 0.2) is 48.5 Å². The number of rotatable bonds is 5. The maximum absolute atomic E-state index is 12.9. The van der Waals surface area contributed by atoms with Gasteiger partial charge >= 0.3 is 12.1 Å². The molecule has 2 aromatic carbocycles. The first-order valence-electron chi connectivity index (χ1n) is 7.08. The molecule has 0 atom stereocenters. The molecule has 0 aromatic heterocycles. The molecule has 132 valence electrons. The van der Waals surface area contributed by atoms with Crippen molar-refractivity contribution in [2.75, 3.05) is 19.0 Å². The lowest BCUT2D eigenvalue weighted by Gasteiger charge is -2.13. The summed E-state index contributed by atoms with van der Waals surface area (Å²) in [5, 5.41) is 2.39. The van der Waals surface area contributed by atoms with Crippen LogP contribution in [0.1, 0.15) is 15.9 Å². The number of carbonyl (C=O) groups is 2. The highest BCUT2D eigenvalue weighted by atomic mass is 19.4. The number of carbonyl (C=O) groups excluding carboxylic acids is 2. The van der Waals surface area contributed by atoms with E-state index in [-0.39, 0.29) is 12.3 Å². The minimum atomic E-state index is -4.63. The number of benzene rings is 2. The van der Waals surface area contributed by atoms with Crippen LogP contribution >= 0.6 is 0 Å². The van der Waals surface area contributed by atoms with Crippen molar-refractivity contribution in [2.24, 2.45) is 0 Å². The number of anilines is 1. The van der Waals surface area contributed by atoms with Gasteiger partial charge in [0, 0.05) is 5.69 Å². The normalized spacial score (nSPS) is 10.9. The van der Waals surface area contributed by atoms with Gasteiger partial charge in [0.1, 0.15) is 5.75 Å². The van der Waals surface area contributed by atoms with Crippen molar-refractivity contribution in [3.05, 3.63) is 59.7 Å². The summed E-state index contributed by atoms with van der Waals surface area (Å²) < 4.78 is 48.4. The van der Waals surface area contributed by atoms with Crippen LogP contribution in [0, 0.1) is 0 Å². The summed E-state index contributed by atoms with van der Waals surface area (Å²) in [6.45, 7) is -0.277. The summed E-state index contributed by atoms with van der Waals surface area (Å²) >= 11 is 0. The van der Waals surface area contributed by atoms with Gasteiger partial charge in [0.2, 0.25) is 0 Å². The molecule has 0 spiro atoms. The Kier molecular flexibility index (Phi) is 5.63. The van der Waals surface area contributed by atoms with E-state index < -0.39 is 29.2 Å². The van der Waals surface area contributed by atoms with Gasteiger partial charge in [-0.25, -0.2) is 4.79 Å². The summed E-state index contributed by atoms with van der Waals surface area (Å²) in [5.41, 5.74) is -1.20. The van der Waals surface area contributed by atoms with Gasteiger partial charge in [-0.15, -0.1) is 0 Å². The van der Waals surface area contributed by atoms with Crippen LogP contribution in [-0.2, 0) is 15.7 Å². The predicted octanol–water partition coefficient (Wildman–Crippen LogP) is 3.51. The van der Waals surface area contributed by atoms with Crippen LogP contribution in [0.4, 0.5) is 18.9 Å². The summed E-state index contributed by atoms with van der Waals surface area (Å²) in [6, 6.07) is 10.3. The molecule has 0 saturated carbocycles. The third kappa shape index (κ3) is 4.97. The lowest BCUT2D eigenvalue weighted by Crippen LogP contribution is -2.18. The summed E-state index contributed by atoms with van der Waals surface area (Å²) in [5.74, 6) is -1.09. The number of nitrogens with one attached hydrogen (secondary N) is 1. The lowest BCUT2D eigenvalue weighted by molar-refractivity contribution is -0.143. The van der Waals surface area contributed by atoms with Crippen molar-refractivity contribution in [1.29, 1.82) is 0 Å². The maximum Gasteiger partial charge on any atom is 0.417 e. The molecule has 1 amide bonds. The molecule has 0 saturated heterocycles. The van der Waals surface area contributed by atoms with E-state index >= 15 is 0 Å². The third-order valence-electron chi connectivity index (χ3n) is 3.17. The van der Waals surface area contributed by atoms with Crippen molar-refractivity contribution in [1.82, 2.24) is 0 Å². The molecular formula is C17H14F3NO4. The molecule has 0 unspecified atom stereocenters. The molecule has 0 radical (unpaired) electrons. The van der Waals surface area contributed by atoms with Gasteiger partial charge in [0.15, 0.2) is 6.61 Å². The second-order valence-electron chi connectivity index (χ2n) is 4.89. The number of amides is 1. The molecule has 0 aliphatic heterocycles. The zero-order valence-corrected chi connectivity index (χ0v) is 13.1. The monoisotopic (exact) mass is 353 g/mol. The molecule has 0 aliphatic rings. The Labute approximate surface area is 141 Å². The molecule has 2 aromatic rings. The summed E-state index contributed by atoms with van der Waals surface area (Å²) in [6.07, 6.45) is -4.63. The average Bonchev–Trinajstić information content (AvgIpc) is 2.60. The van der Waals surface area contributed by atoms with Gasteiger partial charge in [-0.3, -0.25) is 4.79 Å². The van der Waals surface area contributed by atoms with Gasteiger partial charge in [0.25, 0.3) is 5.91 Å². The van der Waals surface area contributed by atoms with E-state index in [1.54, 1.807) is 0 Å². The Bertz CT molecular complexity index is 757. The van der Waals surface area contributed by atoms with Crippen molar-refractivity contribution in [3.63, 3.8) is 0 Å². The van der Waals surface area contributed by atoms with Gasteiger partial charge in [0.05, 0.1) is 18.2 Å². The first-order chi connectivity index (χ1) is 11.8. The zero-order chi connectivity index (χ0) is 18.4. The summed E-state index contributed by atoms with van der Waals surface area (Å²) in [7, 11) is 1.23. The molecule has 5 nitrogen and oxygen atoms in total. The molecule has 0 fully saturated rings. The third-order valence-corrected chi connectivity index (χ3v) is 3.17. The van der Waals surface area contributed by atoms with E-state index in [0.29, 0.717) is 5.75 Å². The van der Waals surface area contributed by atoms with Crippen LogP contribution in [0.25, 0.3) is 0 Å². The quantitative estimate of drug-likeness (QED) is 0.836. The van der Waals surface area contributed by atoms with Crippen molar-refractivity contribution in [3.8, 4) is 5.75 Å². The highest BCUT2D eigenvalue weighted by molar-refractivity contribution is 6.05. The Balaban J connectivity index is 2.08. The Hall–Kier alpha value is -3.03. The van der Waals surface area contributed by atoms with E-state index in [9.17, 15) is 22.8 Å². The van der Waals surface area contributed by atoms with Crippen LogP contribution in [0.5, 0.6) is 5.75 Å². The number of hydrogen-bond donors (Lipinski definition) is 1. The standard InChI is InChI=1S/C17H14F3NO4/c1-24-15(22)10-25-12-8-6-11(7-9-12)21-16(23)13-4-2-3-5-14(13)17(18,19)20/h2-9H,10H2,1H3,(H,21,23). The molecule has 25 heavy (non-hydrogen) atoms. The van der Waals surface area contributed by atoms with Gasteiger partial charge < -0.3 is 14.8 Å². The molecule has 8 heteroatoms. The second kappa shape index (κ2) is 7.69. The van der Waals surface area contributed by atoms with E-state index in [1.807, 2.05) is 0 Å². The number of methoxy groups -OCH3 is 1. The fraction of sp³-hybridized carbons (Fsp3) is 0.176. The van der Waals surface area contributed by atoms with E-state index in [0.717, 1.165) is 12.1 Å². The van der Waals surface area contributed by atoms with Crippen LogP contribution < -0.4 is 10.1 Å². The summed E-state index contributed by atoms with van der Waals surface area (Å²) in [4.78, 5) is 23.1. The topological polar surface area (TPSA) is 64.6 Å². The number of hydrogen-bond acceptors (Lipinski definition) is 4. The molecule has 1 N–H and O–H groups in total. The van der Waals surface area contributed by atoms with Crippen LogP contribution in [0.2, 0.25) is 0 Å². The van der Waals surface area contributed by atoms with E-state index in [2.05, 4.69) is 10.1 Å². The van der Waals surface area contributed by atoms with Crippen molar-refractivity contribution < 1.29 is 32.2 Å². The average molecular weight is 353 g/mol. The minimum Gasteiger partial charge on any atom is -0.482 e. The fourth-order valence-electron chi connectivity index (χ4n) is 1.96. The smallest absolute Gasteiger partial charge is 0.417 e. The highest BCUT2D eigenvalue weighted by Crippen LogP contribution is 2.32. The zero-order valence-electron chi connectivity index (χ0n) is 13.1. The van der Waals surface area contributed by atoms with Crippen LogP contribution in [0.3, 0.4) is 0 Å². The number of halogens is 3. The van der Waals surface area contributed by atoms with Gasteiger partial charge in [-0.1, -0.05) is 12.1 Å². The Morgan fingerprint density at radius 2 is 1.68 bits per heavy atom. The Morgan fingerprint density at radius 1 is 1.04 bits per heavy atom. The molecular weight excluding hydrogens is 339 g/mol. The first-order valence-corrected chi connectivity index (χ1v) is 7.08. The minimum absolute atomic E-state index is 0.277. The van der Waals surface area contributed by atoms with Crippen molar-refractivity contribution in [2.45, 2.75) is 6.18 Å². The van der Waals surface area contributed by atoms with Gasteiger partial charge in [-0.05, 0) is 36.4 Å². The van der Waals surface area contributed by atoms with E-state index in [4.69, 9.17) is 4.74 Å². The molecule has 2 rings (SSSR count). The second-order valence-corrected chi connectivity index (χ2v) is 4.89. The molecule has 0 bridgehead atoms. The fourth-order valence-corrected chi connectivity index (χ4v) is 1.96. The van der Waals surface area contributed by atoms with Gasteiger partial charge in [-0.2, -0.15) is 13.2 Å². The van der Waals surface area contributed by atoms with Crippen LogP contribution in [-0.4, -0.2) is 25.6 Å². The van der Waals surface area contributed by atoms with Crippen molar-refractivity contribution >= 4 is 17.6 Å². The number of alkyl halides is 3. The number of ether oxygens (including phenoxy) is 2. The maximum atomic E-state index is 12.9. The van der Waals surface area contributed by atoms with E-state index in [1.165, 1.54) is 43.5 Å². The number of esters is 1. The highest BCUT2D eigenvalue weighted by Gasteiger charge is 2.34. The SMILES string of the molecule is COC(=O)COc1ccc(NC(=O)c2ccccc2C(F)(F)F)cc1. The first kappa shape index (κ1) is 18.3. The lowest BCUT2D eigenvalue weighted by atomic mass is 10.1.